The van der Waals surface area contributed by atoms with Gasteiger partial charge in [-0.2, -0.15) is 0 Å². The van der Waals surface area contributed by atoms with E-state index in [9.17, 15) is 0 Å². The Balaban J connectivity index is 1.81. The third-order valence-electron chi connectivity index (χ3n) is 7.56. The second-order valence-corrected chi connectivity index (χ2v) is 8.69. The molecule has 18 heavy (non-hydrogen) atoms. The van der Waals surface area contributed by atoms with Gasteiger partial charge in [0.2, 0.25) is 0 Å². The minimum Gasteiger partial charge on any atom is -0.362 e. The average Bonchev–Trinajstić information content (AvgIpc) is 2.79. The number of ether oxygens (including phenoxy) is 1. The van der Waals surface area contributed by atoms with Gasteiger partial charge in [-0.05, 0) is 62.7 Å². The summed E-state index contributed by atoms with van der Waals surface area (Å²) in [6.07, 6.45) is 9.88. The van der Waals surface area contributed by atoms with Crippen LogP contribution >= 0.6 is 0 Å². The fourth-order valence-electron chi connectivity index (χ4n) is 6.91. The van der Waals surface area contributed by atoms with Gasteiger partial charge in [-0.15, -0.1) is 0 Å². The van der Waals surface area contributed by atoms with Crippen LogP contribution in [0.15, 0.2) is 0 Å². The maximum Gasteiger partial charge on any atom is 0.106 e. The van der Waals surface area contributed by atoms with Crippen molar-refractivity contribution >= 4 is 0 Å². The van der Waals surface area contributed by atoms with Crippen LogP contribution in [-0.2, 0) is 4.74 Å². The van der Waals surface area contributed by atoms with Gasteiger partial charge in [-0.25, -0.2) is 0 Å². The molecule has 0 N–H and O–H groups in total. The summed E-state index contributed by atoms with van der Waals surface area (Å²) in [6.45, 7) is 10.0. The normalized spacial score (nSPS) is 60.7. The minimum atomic E-state index is 0.249. The predicted octanol–water partition coefficient (Wildman–Crippen LogP) is 4.55. The van der Waals surface area contributed by atoms with Gasteiger partial charge in [0.15, 0.2) is 0 Å². The van der Waals surface area contributed by atoms with Crippen LogP contribution < -0.4 is 0 Å². The van der Waals surface area contributed by atoms with Crippen molar-refractivity contribution in [3.8, 4) is 0 Å². The predicted molar refractivity (Wildman–Crippen MR) is 73.4 cm³/mol. The van der Waals surface area contributed by atoms with Crippen LogP contribution in [0.1, 0.15) is 72.6 Å². The zero-order valence-corrected chi connectivity index (χ0v) is 12.5. The van der Waals surface area contributed by atoms with Gasteiger partial charge in [0, 0.05) is 5.41 Å². The van der Waals surface area contributed by atoms with Crippen LogP contribution in [0.4, 0.5) is 0 Å². The number of hydrogen-bond donors (Lipinski definition) is 0. The fourth-order valence-corrected chi connectivity index (χ4v) is 6.91. The molecular formula is C17H28O. The topological polar surface area (TPSA) is 12.5 Å². The lowest BCUT2D eigenvalue weighted by Gasteiger charge is -2.58. The quantitative estimate of drug-likeness (QED) is 0.573. The Hall–Kier alpha value is -0.0400. The molecule has 0 aromatic rings. The highest BCUT2D eigenvalue weighted by Crippen LogP contribution is 2.78. The number of rotatable bonds is 0. The standard InChI is InChI=1S/C17H28O/c1-14(2)9-5-10-15(3)13(14)7-6-12-8-11-16(4)17(12,15)18-16/h12-13H,5-11H2,1-4H3/t12-,13-,15-,16+,17+/m0/s1. The Morgan fingerprint density at radius 1 is 0.889 bits per heavy atom. The zero-order chi connectivity index (χ0) is 12.8. The Labute approximate surface area is 112 Å². The van der Waals surface area contributed by atoms with E-state index in [1.807, 2.05) is 0 Å². The summed E-state index contributed by atoms with van der Waals surface area (Å²) in [6, 6.07) is 0. The summed E-state index contributed by atoms with van der Waals surface area (Å²) in [7, 11) is 0. The lowest BCUT2D eigenvalue weighted by atomic mass is 9.45. The van der Waals surface area contributed by atoms with E-state index in [1.165, 1.54) is 44.9 Å². The maximum absolute atomic E-state index is 6.50. The smallest absolute Gasteiger partial charge is 0.106 e. The molecule has 4 rings (SSSR count). The highest BCUT2D eigenvalue weighted by Gasteiger charge is 2.82. The van der Waals surface area contributed by atoms with E-state index in [0.717, 1.165) is 11.8 Å². The molecule has 1 saturated heterocycles. The van der Waals surface area contributed by atoms with Crippen molar-refractivity contribution in [2.75, 3.05) is 0 Å². The van der Waals surface area contributed by atoms with E-state index in [4.69, 9.17) is 4.74 Å². The highest BCUT2D eigenvalue weighted by atomic mass is 16.6. The molecule has 0 radical (unpaired) electrons. The third-order valence-corrected chi connectivity index (χ3v) is 7.56. The molecule has 1 nitrogen and oxygen atoms in total. The van der Waals surface area contributed by atoms with Crippen molar-refractivity contribution in [3.63, 3.8) is 0 Å². The molecular weight excluding hydrogens is 220 g/mol. The molecule has 1 aliphatic heterocycles. The lowest BCUT2D eigenvalue weighted by Crippen LogP contribution is -2.57. The molecule has 5 atom stereocenters. The average molecular weight is 248 g/mol. The summed E-state index contributed by atoms with van der Waals surface area (Å²) >= 11 is 0. The largest absolute Gasteiger partial charge is 0.362 e. The van der Waals surface area contributed by atoms with Crippen LogP contribution in [0.5, 0.6) is 0 Å². The highest BCUT2D eigenvalue weighted by molar-refractivity contribution is 5.30. The van der Waals surface area contributed by atoms with Crippen LogP contribution in [0, 0.1) is 22.7 Å². The molecule has 4 aliphatic rings. The van der Waals surface area contributed by atoms with Crippen molar-refractivity contribution in [2.45, 2.75) is 83.8 Å². The van der Waals surface area contributed by atoms with Crippen LogP contribution in [-0.4, -0.2) is 11.2 Å². The molecule has 0 aromatic heterocycles. The zero-order valence-electron chi connectivity index (χ0n) is 12.5. The fraction of sp³-hybridized carbons (Fsp3) is 1.00. The minimum absolute atomic E-state index is 0.249. The van der Waals surface area contributed by atoms with Gasteiger partial charge in [-0.3, -0.25) is 0 Å². The van der Waals surface area contributed by atoms with E-state index >= 15 is 0 Å². The summed E-state index contributed by atoms with van der Waals surface area (Å²) < 4.78 is 6.50. The van der Waals surface area contributed by atoms with Crippen molar-refractivity contribution in [1.29, 1.82) is 0 Å². The van der Waals surface area contributed by atoms with E-state index in [0.29, 0.717) is 10.8 Å². The summed E-state index contributed by atoms with van der Waals surface area (Å²) in [5.74, 6) is 1.76. The lowest BCUT2D eigenvalue weighted by molar-refractivity contribution is -0.110. The number of hydrogen-bond acceptors (Lipinski definition) is 1. The molecule has 4 fully saturated rings. The Morgan fingerprint density at radius 3 is 2.39 bits per heavy atom. The molecule has 0 unspecified atom stereocenters. The van der Waals surface area contributed by atoms with Crippen LogP contribution in [0.25, 0.3) is 0 Å². The van der Waals surface area contributed by atoms with E-state index < -0.39 is 0 Å². The maximum atomic E-state index is 6.50. The summed E-state index contributed by atoms with van der Waals surface area (Å²) in [5, 5.41) is 0. The van der Waals surface area contributed by atoms with Crippen LogP contribution in [0.2, 0.25) is 0 Å². The van der Waals surface area contributed by atoms with Crippen molar-refractivity contribution in [2.24, 2.45) is 22.7 Å². The molecule has 3 saturated carbocycles. The van der Waals surface area contributed by atoms with E-state index in [1.54, 1.807) is 0 Å². The van der Waals surface area contributed by atoms with Crippen molar-refractivity contribution < 1.29 is 4.74 Å². The Morgan fingerprint density at radius 2 is 1.67 bits per heavy atom. The van der Waals surface area contributed by atoms with E-state index in [-0.39, 0.29) is 11.2 Å². The molecule has 0 amide bonds. The molecule has 1 heterocycles. The first-order valence-electron chi connectivity index (χ1n) is 8.06. The summed E-state index contributed by atoms with van der Waals surface area (Å²) in [5.41, 5.74) is 1.52. The molecule has 1 spiro atoms. The van der Waals surface area contributed by atoms with Crippen molar-refractivity contribution in [1.82, 2.24) is 0 Å². The van der Waals surface area contributed by atoms with Gasteiger partial charge in [0.1, 0.15) is 5.60 Å². The van der Waals surface area contributed by atoms with Gasteiger partial charge in [0.25, 0.3) is 0 Å². The number of epoxide rings is 1. The molecule has 1 heteroatoms. The van der Waals surface area contributed by atoms with E-state index in [2.05, 4.69) is 27.7 Å². The van der Waals surface area contributed by atoms with Gasteiger partial charge < -0.3 is 4.74 Å². The second kappa shape index (κ2) is 3.00. The molecule has 0 aromatic carbocycles. The van der Waals surface area contributed by atoms with Gasteiger partial charge >= 0.3 is 0 Å². The Kier molecular flexibility index (Phi) is 1.96. The Bertz CT molecular complexity index is 400. The van der Waals surface area contributed by atoms with Crippen molar-refractivity contribution in [3.05, 3.63) is 0 Å². The monoisotopic (exact) mass is 248 g/mol. The third kappa shape index (κ3) is 1.03. The first kappa shape index (κ1) is 11.8. The van der Waals surface area contributed by atoms with Gasteiger partial charge in [-0.1, -0.05) is 27.2 Å². The van der Waals surface area contributed by atoms with Gasteiger partial charge in [0.05, 0.1) is 5.60 Å². The molecule has 102 valence electrons. The summed E-state index contributed by atoms with van der Waals surface area (Å²) in [4.78, 5) is 0. The first-order chi connectivity index (χ1) is 8.36. The SMILES string of the molecule is CC1(C)CCC[C@@]2(C)[C@H]1CC[C@H]1CC[C@@]3(C)O[C@@]132. The second-order valence-electron chi connectivity index (χ2n) is 8.69. The molecule has 3 aliphatic carbocycles. The first-order valence-corrected chi connectivity index (χ1v) is 8.06. The number of fused-ring (bicyclic) bond motifs is 1. The molecule has 0 bridgehead atoms. The van der Waals surface area contributed by atoms with Crippen LogP contribution in [0.3, 0.4) is 0 Å².